The van der Waals surface area contributed by atoms with Crippen molar-refractivity contribution in [3.63, 3.8) is 0 Å². The molecule has 2 aromatic heterocycles. The van der Waals surface area contributed by atoms with Crippen molar-refractivity contribution in [1.82, 2.24) is 14.9 Å². The fourth-order valence-electron chi connectivity index (χ4n) is 3.39. The predicted octanol–water partition coefficient (Wildman–Crippen LogP) is 1.93. The molecule has 27 heavy (non-hydrogen) atoms. The summed E-state index contributed by atoms with van der Waals surface area (Å²) >= 11 is 0. The van der Waals surface area contributed by atoms with E-state index in [4.69, 9.17) is 0 Å². The maximum atomic E-state index is 12.8. The number of sulfone groups is 1. The van der Waals surface area contributed by atoms with E-state index in [2.05, 4.69) is 9.97 Å². The van der Waals surface area contributed by atoms with E-state index in [0.717, 1.165) is 10.9 Å². The number of anilines is 1. The standard InChI is InChI=1S/C19H20N4O3S/c1-27(25,26)17-7-4-8-20-18(17)22-9-11-23(12-10-22)19(24)16-13-14-5-2-3-6-15(14)21-16/h2-8,13,21H,9-12H2,1H3. The number of fused-ring (bicyclic) bond motifs is 1. The van der Waals surface area contributed by atoms with E-state index in [-0.39, 0.29) is 10.8 Å². The minimum atomic E-state index is -3.36. The molecule has 1 fully saturated rings. The van der Waals surface area contributed by atoms with Crippen molar-refractivity contribution < 1.29 is 13.2 Å². The highest BCUT2D eigenvalue weighted by Crippen LogP contribution is 2.24. The van der Waals surface area contributed by atoms with Crippen molar-refractivity contribution in [2.24, 2.45) is 0 Å². The van der Waals surface area contributed by atoms with Crippen molar-refractivity contribution >= 4 is 32.5 Å². The summed E-state index contributed by atoms with van der Waals surface area (Å²) in [5.74, 6) is 0.410. The Labute approximate surface area is 157 Å². The van der Waals surface area contributed by atoms with Crippen LogP contribution in [0.15, 0.2) is 53.6 Å². The van der Waals surface area contributed by atoms with Crippen LogP contribution in [0.25, 0.3) is 10.9 Å². The number of nitrogens with one attached hydrogen (secondary N) is 1. The molecule has 3 aromatic rings. The molecule has 1 amide bonds. The summed E-state index contributed by atoms with van der Waals surface area (Å²) in [4.78, 5) is 24.2. The van der Waals surface area contributed by atoms with Gasteiger partial charge in [0, 0.05) is 49.5 Å². The lowest BCUT2D eigenvalue weighted by Gasteiger charge is -2.35. The van der Waals surface area contributed by atoms with Crippen LogP contribution in [-0.4, -0.2) is 61.6 Å². The normalized spacial score (nSPS) is 15.3. The van der Waals surface area contributed by atoms with Crippen LogP contribution in [0.3, 0.4) is 0 Å². The van der Waals surface area contributed by atoms with Crippen molar-refractivity contribution in [1.29, 1.82) is 0 Å². The second-order valence-electron chi connectivity index (χ2n) is 6.65. The number of benzene rings is 1. The zero-order valence-electron chi connectivity index (χ0n) is 14.9. The summed E-state index contributed by atoms with van der Waals surface area (Å²) in [6.45, 7) is 2.08. The van der Waals surface area contributed by atoms with Gasteiger partial charge in [-0.2, -0.15) is 0 Å². The van der Waals surface area contributed by atoms with Gasteiger partial charge in [0.15, 0.2) is 9.84 Å². The molecule has 0 aliphatic carbocycles. The highest BCUT2D eigenvalue weighted by atomic mass is 32.2. The molecule has 1 aliphatic heterocycles. The first kappa shape index (κ1) is 17.5. The van der Waals surface area contributed by atoms with Gasteiger partial charge in [-0.05, 0) is 24.3 Å². The molecular weight excluding hydrogens is 364 g/mol. The number of nitrogens with zero attached hydrogens (tertiary/aromatic N) is 3. The third-order valence-corrected chi connectivity index (χ3v) is 5.89. The highest BCUT2D eigenvalue weighted by Gasteiger charge is 2.26. The van der Waals surface area contributed by atoms with Gasteiger partial charge in [-0.25, -0.2) is 13.4 Å². The molecule has 0 atom stereocenters. The molecule has 1 aromatic carbocycles. The summed E-state index contributed by atoms with van der Waals surface area (Å²) in [7, 11) is -3.36. The minimum absolute atomic E-state index is 0.0461. The van der Waals surface area contributed by atoms with Gasteiger partial charge in [0.1, 0.15) is 16.4 Å². The molecule has 4 rings (SSSR count). The number of hydrogen-bond acceptors (Lipinski definition) is 5. The van der Waals surface area contributed by atoms with E-state index in [1.807, 2.05) is 35.2 Å². The van der Waals surface area contributed by atoms with Crippen LogP contribution in [0.4, 0.5) is 5.82 Å². The molecule has 1 N–H and O–H groups in total. The molecule has 0 bridgehead atoms. The zero-order valence-corrected chi connectivity index (χ0v) is 15.7. The summed E-state index contributed by atoms with van der Waals surface area (Å²) < 4.78 is 24.0. The number of piperazine rings is 1. The zero-order chi connectivity index (χ0) is 19.0. The average molecular weight is 384 g/mol. The van der Waals surface area contributed by atoms with E-state index in [9.17, 15) is 13.2 Å². The maximum absolute atomic E-state index is 12.8. The first-order valence-electron chi connectivity index (χ1n) is 8.70. The van der Waals surface area contributed by atoms with Crippen LogP contribution < -0.4 is 4.90 Å². The SMILES string of the molecule is CS(=O)(=O)c1cccnc1N1CCN(C(=O)c2cc3ccccc3[nH]2)CC1. The van der Waals surface area contributed by atoms with Gasteiger partial charge in [0.05, 0.1) is 0 Å². The van der Waals surface area contributed by atoms with Gasteiger partial charge in [-0.15, -0.1) is 0 Å². The molecule has 0 spiro atoms. The average Bonchev–Trinajstić information content (AvgIpc) is 3.11. The van der Waals surface area contributed by atoms with E-state index in [0.29, 0.717) is 37.7 Å². The third-order valence-electron chi connectivity index (χ3n) is 4.78. The van der Waals surface area contributed by atoms with Crippen molar-refractivity contribution in [2.75, 3.05) is 37.3 Å². The molecule has 0 radical (unpaired) electrons. The summed E-state index contributed by atoms with van der Waals surface area (Å²) in [6, 6.07) is 12.8. The van der Waals surface area contributed by atoms with Crippen molar-refractivity contribution in [3.8, 4) is 0 Å². The molecule has 1 saturated heterocycles. The summed E-state index contributed by atoms with van der Waals surface area (Å²) in [5, 5.41) is 1.01. The third kappa shape index (κ3) is 3.40. The highest BCUT2D eigenvalue weighted by molar-refractivity contribution is 7.90. The Hall–Kier alpha value is -2.87. The lowest BCUT2D eigenvalue weighted by atomic mass is 10.2. The monoisotopic (exact) mass is 384 g/mol. The molecule has 1 aliphatic rings. The number of carbonyl (C=O) groups excluding carboxylic acids is 1. The molecule has 8 heteroatoms. The van der Waals surface area contributed by atoms with Crippen LogP contribution in [0.5, 0.6) is 0 Å². The van der Waals surface area contributed by atoms with Gasteiger partial charge in [-0.3, -0.25) is 4.79 Å². The number of aromatic amines is 1. The second-order valence-corrected chi connectivity index (χ2v) is 8.63. The number of amides is 1. The van der Waals surface area contributed by atoms with Crippen molar-refractivity contribution in [3.05, 3.63) is 54.4 Å². The van der Waals surface area contributed by atoms with Gasteiger partial charge in [0.25, 0.3) is 5.91 Å². The molecule has 140 valence electrons. The Morgan fingerprint density at radius 3 is 2.52 bits per heavy atom. The Bertz CT molecular complexity index is 1070. The Morgan fingerprint density at radius 1 is 1.07 bits per heavy atom. The van der Waals surface area contributed by atoms with Crippen molar-refractivity contribution in [2.45, 2.75) is 4.90 Å². The van der Waals surface area contributed by atoms with Crippen LogP contribution in [0, 0.1) is 0 Å². The second kappa shape index (κ2) is 6.70. The smallest absolute Gasteiger partial charge is 0.270 e. The number of carbonyl (C=O) groups is 1. The first-order chi connectivity index (χ1) is 12.9. The topological polar surface area (TPSA) is 86.4 Å². The van der Waals surface area contributed by atoms with E-state index in [1.165, 1.54) is 6.26 Å². The Morgan fingerprint density at radius 2 is 1.81 bits per heavy atom. The van der Waals surface area contributed by atoms with E-state index in [1.54, 1.807) is 23.2 Å². The largest absolute Gasteiger partial charge is 0.352 e. The fourth-order valence-corrected chi connectivity index (χ4v) is 4.23. The van der Waals surface area contributed by atoms with Gasteiger partial charge in [0.2, 0.25) is 0 Å². The maximum Gasteiger partial charge on any atom is 0.270 e. The number of hydrogen-bond donors (Lipinski definition) is 1. The molecule has 7 nitrogen and oxygen atoms in total. The van der Waals surface area contributed by atoms with E-state index < -0.39 is 9.84 Å². The minimum Gasteiger partial charge on any atom is -0.352 e. The number of para-hydroxylation sites is 1. The van der Waals surface area contributed by atoms with Gasteiger partial charge < -0.3 is 14.8 Å². The van der Waals surface area contributed by atoms with E-state index >= 15 is 0 Å². The van der Waals surface area contributed by atoms with Crippen LogP contribution in [0.1, 0.15) is 10.5 Å². The van der Waals surface area contributed by atoms with Crippen LogP contribution >= 0.6 is 0 Å². The quantitative estimate of drug-likeness (QED) is 0.746. The summed E-state index contributed by atoms with van der Waals surface area (Å²) in [6.07, 6.45) is 2.77. The number of aromatic nitrogens is 2. The lowest BCUT2D eigenvalue weighted by molar-refractivity contribution is 0.0741. The number of H-pyrrole nitrogens is 1. The first-order valence-corrected chi connectivity index (χ1v) is 10.6. The van der Waals surface area contributed by atoms with Gasteiger partial charge >= 0.3 is 0 Å². The molecular formula is C19H20N4O3S. The van der Waals surface area contributed by atoms with Gasteiger partial charge in [-0.1, -0.05) is 18.2 Å². The van der Waals surface area contributed by atoms with Crippen LogP contribution in [-0.2, 0) is 9.84 Å². The Kier molecular flexibility index (Phi) is 4.35. The fraction of sp³-hybridized carbons (Fsp3) is 0.263. The number of pyridine rings is 1. The number of rotatable bonds is 3. The molecule has 0 saturated carbocycles. The predicted molar refractivity (Wildman–Crippen MR) is 104 cm³/mol. The molecule has 0 unspecified atom stereocenters. The Balaban J connectivity index is 1.50. The lowest BCUT2D eigenvalue weighted by Crippen LogP contribution is -2.49. The molecule has 3 heterocycles. The van der Waals surface area contributed by atoms with Crippen LogP contribution in [0.2, 0.25) is 0 Å². The summed E-state index contributed by atoms with van der Waals surface area (Å²) in [5.41, 5.74) is 1.50.